The Bertz CT molecular complexity index is 707. The Morgan fingerprint density at radius 2 is 2.10 bits per heavy atom. The molecule has 1 aromatic carbocycles. The minimum absolute atomic E-state index is 0.00481. The van der Waals surface area contributed by atoms with Gasteiger partial charge in [-0.2, -0.15) is 0 Å². The molecule has 0 fully saturated rings. The van der Waals surface area contributed by atoms with Crippen LogP contribution < -0.4 is 10.5 Å². The van der Waals surface area contributed by atoms with E-state index in [1.165, 1.54) is 18.4 Å². The number of hydrogen-bond acceptors (Lipinski definition) is 4. The normalized spacial score (nSPS) is 13.3. The number of anilines is 1. The molecule has 0 saturated carbocycles. The fraction of sp³-hybridized carbons (Fsp3) is 0.231. The van der Waals surface area contributed by atoms with Gasteiger partial charge < -0.3 is 10.2 Å². The summed E-state index contributed by atoms with van der Waals surface area (Å²) in [4.78, 5) is -0.167. The van der Waals surface area contributed by atoms with Gasteiger partial charge in [0.1, 0.15) is 10.7 Å². The van der Waals surface area contributed by atoms with Crippen LogP contribution in [0.25, 0.3) is 0 Å². The standard InChI is InChI=1S/C13H14Cl2N2O3S/c1-8(5-10-3-2-4-20-10)17-21(18,19)13-11(15)6-9(14)7-12(13)16/h2-4,6-8,17H,5,16H2,1H3. The molecule has 21 heavy (non-hydrogen) atoms. The third kappa shape index (κ3) is 3.91. The molecule has 1 aromatic heterocycles. The topological polar surface area (TPSA) is 85.3 Å². The highest BCUT2D eigenvalue weighted by Gasteiger charge is 2.24. The molecule has 0 aliphatic rings. The van der Waals surface area contributed by atoms with E-state index in [1.54, 1.807) is 19.1 Å². The summed E-state index contributed by atoms with van der Waals surface area (Å²) in [6, 6.07) is 5.82. The van der Waals surface area contributed by atoms with Crippen LogP contribution in [0.3, 0.4) is 0 Å². The van der Waals surface area contributed by atoms with Crippen LogP contribution in [0.15, 0.2) is 39.8 Å². The van der Waals surface area contributed by atoms with Crippen LogP contribution in [0.4, 0.5) is 5.69 Å². The van der Waals surface area contributed by atoms with Crippen LogP contribution in [0.5, 0.6) is 0 Å². The van der Waals surface area contributed by atoms with Crippen LogP contribution in [0, 0.1) is 0 Å². The van der Waals surface area contributed by atoms with Crippen molar-refractivity contribution in [3.05, 3.63) is 46.3 Å². The van der Waals surface area contributed by atoms with Crippen molar-refractivity contribution in [1.82, 2.24) is 4.72 Å². The van der Waals surface area contributed by atoms with Gasteiger partial charge in [0.05, 0.1) is 17.0 Å². The van der Waals surface area contributed by atoms with Crippen molar-refractivity contribution in [3.8, 4) is 0 Å². The molecular formula is C13H14Cl2N2O3S. The number of hydrogen-bond donors (Lipinski definition) is 2. The molecule has 1 heterocycles. The van der Waals surface area contributed by atoms with Crippen molar-refractivity contribution >= 4 is 38.9 Å². The Morgan fingerprint density at radius 1 is 1.38 bits per heavy atom. The van der Waals surface area contributed by atoms with E-state index in [9.17, 15) is 8.42 Å². The maximum absolute atomic E-state index is 12.4. The lowest BCUT2D eigenvalue weighted by Gasteiger charge is -2.15. The summed E-state index contributed by atoms with van der Waals surface area (Å²) in [5.74, 6) is 0.681. The Labute approximate surface area is 133 Å². The summed E-state index contributed by atoms with van der Waals surface area (Å²) in [6.07, 6.45) is 1.95. The molecule has 3 N–H and O–H groups in total. The Hall–Kier alpha value is -1.21. The summed E-state index contributed by atoms with van der Waals surface area (Å²) >= 11 is 11.7. The second kappa shape index (κ2) is 6.27. The molecule has 0 bridgehead atoms. The molecule has 5 nitrogen and oxygen atoms in total. The van der Waals surface area contributed by atoms with E-state index in [0.717, 1.165) is 0 Å². The van der Waals surface area contributed by atoms with Gasteiger partial charge in [0.25, 0.3) is 0 Å². The number of furan rings is 1. The molecule has 2 aromatic rings. The number of sulfonamides is 1. The first kappa shape index (κ1) is 16.2. The molecule has 0 saturated heterocycles. The number of rotatable bonds is 5. The van der Waals surface area contributed by atoms with Gasteiger partial charge in [0, 0.05) is 17.5 Å². The first-order valence-corrected chi connectivity index (χ1v) is 8.33. The molecule has 0 spiro atoms. The second-order valence-electron chi connectivity index (χ2n) is 4.61. The molecule has 2 rings (SSSR count). The minimum Gasteiger partial charge on any atom is -0.469 e. The molecule has 1 atom stereocenters. The van der Waals surface area contributed by atoms with E-state index in [4.69, 9.17) is 33.4 Å². The Morgan fingerprint density at radius 3 is 2.67 bits per heavy atom. The lowest BCUT2D eigenvalue weighted by molar-refractivity contribution is 0.479. The Balaban J connectivity index is 2.22. The maximum atomic E-state index is 12.4. The van der Waals surface area contributed by atoms with Gasteiger partial charge in [-0.05, 0) is 31.2 Å². The molecule has 1 unspecified atom stereocenters. The first-order chi connectivity index (χ1) is 9.79. The minimum atomic E-state index is -3.85. The van der Waals surface area contributed by atoms with E-state index in [2.05, 4.69) is 4.72 Å². The largest absolute Gasteiger partial charge is 0.469 e. The highest BCUT2D eigenvalue weighted by molar-refractivity contribution is 7.89. The smallest absolute Gasteiger partial charge is 0.244 e. The van der Waals surface area contributed by atoms with Gasteiger partial charge in [0.2, 0.25) is 10.0 Å². The second-order valence-corrected chi connectivity index (χ2v) is 7.11. The number of nitrogens with one attached hydrogen (secondary N) is 1. The molecule has 8 heteroatoms. The van der Waals surface area contributed by atoms with Crippen LogP contribution in [-0.4, -0.2) is 14.5 Å². The van der Waals surface area contributed by atoms with Crippen LogP contribution in [0.1, 0.15) is 12.7 Å². The van der Waals surface area contributed by atoms with Gasteiger partial charge in [-0.1, -0.05) is 23.2 Å². The molecule has 0 amide bonds. The summed E-state index contributed by atoms with van der Waals surface area (Å²) in [5.41, 5.74) is 5.72. The van der Waals surface area contributed by atoms with Crippen LogP contribution in [0.2, 0.25) is 10.0 Å². The molecule has 114 valence electrons. The predicted molar refractivity (Wildman–Crippen MR) is 83.1 cm³/mol. The highest BCUT2D eigenvalue weighted by Crippen LogP contribution is 2.31. The molecule has 0 aliphatic heterocycles. The lowest BCUT2D eigenvalue weighted by Crippen LogP contribution is -2.34. The lowest BCUT2D eigenvalue weighted by atomic mass is 10.2. The van der Waals surface area contributed by atoms with E-state index in [1.807, 2.05) is 0 Å². The fourth-order valence-electron chi connectivity index (χ4n) is 1.96. The van der Waals surface area contributed by atoms with Gasteiger partial charge in [-0.15, -0.1) is 0 Å². The van der Waals surface area contributed by atoms with Crippen molar-refractivity contribution < 1.29 is 12.8 Å². The number of nitrogens with two attached hydrogens (primary N) is 1. The first-order valence-electron chi connectivity index (χ1n) is 6.09. The monoisotopic (exact) mass is 348 g/mol. The average Bonchev–Trinajstić information content (AvgIpc) is 2.78. The van der Waals surface area contributed by atoms with Crippen molar-refractivity contribution in [3.63, 3.8) is 0 Å². The van der Waals surface area contributed by atoms with E-state index >= 15 is 0 Å². The van der Waals surface area contributed by atoms with Crippen molar-refractivity contribution in [2.24, 2.45) is 0 Å². The van der Waals surface area contributed by atoms with E-state index in [0.29, 0.717) is 12.2 Å². The average molecular weight is 349 g/mol. The van der Waals surface area contributed by atoms with Crippen LogP contribution in [-0.2, 0) is 16.4 Å². The summed E-state index contributed by atoms with van der Waals surface area (Å²) in [5, 5.41) is 0.262. The molecule has 0 aliphatic carbocycles. The fourth-order valence-corrected chi connectivity index (χ4v) is 4.19. The molecular weight excluding hydrogens is 335 g/mol. The summed E-state index contributed by atoms with van der Waals surface area (Å²) < 4.78 is 32.5. The van der Waals surface area contributed by atoms with Gasteiger partial charge in [-0.25, -0.2) is 13.1 Å². The summed E-state index contributed by atoms with van der Waals surface area (Å²) in [6.45, 7) is 1.72. The highest BCUT2D eigenvalue weighted by atomic mass is 35.5. The number of nitrogen functional groups attached to an aromatic ring is 1. The van der Waals surface area contributed by atoms with Crippen molar-refractivity contribution in [2.75, 3.05) is 5.73 Å². The van der Waals surface area contributed by atoms with Gasteiger partial charge >= 0.3 is 0 Å². The Kier molecular flexibility index (Phi) is 4.83. The quantitative estimate of drug-likeness (QED) is 0.813. The third-order valence-corrected chi connectivity index (χ3v) is 5.08. The maximum Gasteiger partial charge on any atom is 0.244 e. The van der Waals surface area contributed by atoms with Gasteiger partial charge in [0.15, 0.2) is 0 Å². The summed E-state index contributed by atoms with van der Waals surface area (Å²) in [7, 11) is -3.85. The zero-order valence-electron chi connectivity index (χ0n) is 11.1. The number of benzene rings is 1. The van der Waals surface area contributed by atoms with Gasteiger partial charge in [-0.3, -0.25) is 0 Å². The van der Waals surface area contributed by atoms with E-state index in [-0.39, 0.29) is 26.7 Å². The van der Waals surface area contributed by atoms with E-state index < -0.39 is 10.0 Å². The zero-order chi connectivity index (χ0) is 15.6. The number of halogens is 2. The van der Waals surface area contributed by atoms with Crippen LogP contribution >= 0.6 is 23.2 Å². The molecule has 0 radical (unpaired) electrons. The SMILES string of the molecule is CC(Cc1ccco1)NS(=O)(=O)c1c(N)cc(Cl)cc1Cl. The van der Waals surface area contributed by atoms with Crippen molar-refractivity contribution in [2.45, 2.75) is 24.3 Å². The predicted octanol–water partition coefficient (Wildman–Crippen LogP) is 3.08. The zero-order valence-corrected chi connectivity index (χ0v) is 13.5. The third-order valence-electron chi connectivity index (χ3n) is 2.75. The van der Waals surface area contributed by atoms with Crippen molar-refractivity contribution in [1.29, 1.82) is 0 Å².